The molecule has 0 aliphatic heterocycles. The van der Waals surface area contributed by atoms with Gasteiger partial charge in [-0.25, -0.2) is 0 Å². The first-order valence-electron chi connectivity index (χ1n) is 5.24. The number of ether oxygens (including phenoxy) is 2. The summed E-state index contributed by atoms with van der Waals surface area (Å²) in [5.74, 6) is -2.35. The van der Waals surface area contributed by atoms with Gasteiger partial charge in [0, 0.05) is 6.07 Å². The van der Waals surface area contributed by atoms with Gasteiger partial charge in [0.05, 0.1) is 12.1 Å². The zero-order valence-electron chi connectivity index (χ0n) is 10.3. The van der Waals surface area contributed by atoms with Crippen LogP contribution in [-0.4, -0.2) is 35.9 Å². The molecule has 0 radical (unpaired) electrons. The highest BCUT2D eigenvalue weighted by Gasteiger charge is 2.43. The van der Waals surface area contributed by atoms with E-state index in [1.807, 2.05) is 0 Å². The fraction of sp³-hybridized carbons (Fsp3) is 0.333. The van der Waals surface area contributed by atoms with Crippen molar-refractivity contribution in [1.82, 2.24) is 0 Å². The van der Waals surface area contributed by atoms with E-state index in [4.69, 9.17) is 31.3 Å². The number of halogens is 1. The summed E-state index contributed by atoms with van der Waals surface area (Å²) in [6, 6.07) is 4.56. The van der Waals surface area contributed by atoms with Crippen molar-refractivity contribution in [2.45, 2.75) is 6.92 Å². The van der Waals surface area contributed by atoms with Crippen molar-refractivity contribution in [1.29, 1.82) is 0 Å². The van der Waals surface area contributed by atoms with E-state index in [1.165, 1.54) is 19.2 Å². The largest absolute Gasteiger partial charge is 0.497 e. The highest BCUT2D eigenvalue weighted by atomic mass is 35.5. The van der Waals surface area contributed by atoms with E-state index in [2.05, 4.69) is 0 Å². The molecule has 19 heavy (non-hydrogen) atoms. The molecule has 1 rings (SSSR count). The van der Waals surface area contributed by atoms with Gasteiger partial charge in [-0.3, -0.25) is 9.59 Å². The maximum atomic E-state index is 11.0. The number of carboxylic acid groups (broad SMARTS) is 2. The Bertz CT molecular complexity index is 485. The summed E-state index contributed by atoms with van der Waals surface area (Å²) in [5, 5.41) is 18.1. The Hall–Kier alpha value is -1.95. The van der Waals surface area contributed by atoms with Gasteiger partial charge in [-0.15, -0.1) is 0 Å². The lowest BCUT2D eigenvalue weighted by Gasteiger charge is -2.20. The van der Waals surface area contributed by atoms with Crippen molar-refractivity contribution in [2.75, 3.05) is 13.7 Å². The lowest BCUT2D eigenvalue weighted by Crippen LogP contribution is -2.41. The maximum Gasteiger partial charge on any atom is 0.324 e. The number of benzene rings is 1. The molecule has 0 bridgehead atoms. The second-order valence-electron chi connectivity index (χ2n) is 4.03. The van der Waals surface area contributed by atoms with Crippen molar-refractivity contribution in [3.05, 3.63) is 23.2 Å². The van der Waals surface area contributed by atoms with Crippen molar-refractivity contribution in [3.8, 4) is 11.5 Å². The predicted molar refractivity (Wildman–Crippen MR) is 66.9 cm³/mol. The van der Waals surface area contributed by atoms with Gasteiger partial charge in [-0.1, -0.05) is 11.6 Å². The number of aliphatic carboxylic acids is 2. The van der Waals surface area contributed by atoms with Crippen LogP contribution >= 0.6 is 11.6 Å². The zero-order chi connectivity index (χ0) is 14.6. The molecule has 2 N–H and O–H groups in total. The molecule has 0 saturated carbocycles. The highest BCUT2D eigenvalue weighted by molar-refractivity contribution is 6.32. The molecule has 0 amide bonds. The highest BCUT2D eigenvalue weighted by Crippen LogP contribution is 2.30. The minimum Gasteiger partial charge on any atom is -0.497 e. The summed E-state index contributed by atoms with van der Waals surface area (Å²) >= 11 is 5.87. The van der Waals surface area contributed by atoms with E-state index >= 15 is 0 Å². The summed E-state index contributed by atoms with van der Waals surface area (Å²) in [4.78, 5) is 21.9. The molecule has 0 spiro atoms. The van der Waals surface area contributed by atoms with Gasteiger partial charge in [-0.05, 0) is 19.1 Å². The molecule has 104 valence electrons. The molecule has 1 aromatic rings. The molecule has 0 aromatic heterocycles. The van der Waals surface area contributed by atoms with Gasteiger partial charge in [0.1, 0.15) is 18.1 Å². The molecule has 7 heteroatoms. The smallest absolute Gasteiger partial charge is 0.324 e. The first-order valence-corrected chi connectivity index (χ1v) is 5.62. The number of hydrogen-bond acceptors (Lipinski definition) is 4. The van der Waals surface area contributed by atoms with E-state index in [0.29, 0.717) is 5.75 Å². The van der Waals surface area contributed by atoms with E-state index in [-0.39, 0.29) is 10.8 Å². The van der Waals surface area contributed by atoms with Crippen LogP contribution in [0.25, 0.3) is 0 Å². The second-order valence-corrected chi connectivity index (χ2v) is 4.43. The molecule has 0 heterocycles. The van der Waals surface area contributed by atoms with Crippen LogP contribution in [0.1, 0.15) is 6.92 Å². The van der Waals surface area contributed by atoms with E-state index < -0.39 is 24.0 Å². The van der Waals surface area contributed by atoms with Crippen LogP contribution in [0.4, 0.5) is 0 Å². The maximum absolute atomic E-state index is 11.0. The van der Waals surface area contributed by atoms with Crippen LogP contribution in [0.15, 0.2) is 18.2 Å². The number of carboxylic acids is 2. The number of hydrogen-bond donors (Lipinski definition) is 2. The van der Waals surface area contributed by atoms with Crippen LogP contribution in [0, 0.1) is 5.41 Å². The van der Waals surface area contributed by atoms with Crippen molar-refractivity contribution >= 4 is 23.5 Å². The van der Waals surface area contributed by atoms with Crippen molar-refractivity contribution in [2.24, 2.45) is 5.41 Å². The van der Waals surface area contributed by atoms with Crippen LogP contribution in [0.5, 0.6) is 11.5 Å². The van der Waals surface area contributed by atoms with Gasteiger partial charge in [0.2, 0.25) is 0 Å². The van der Waals surface area contributed by atoms with Gasteiger partial charge in [-0.2, -0.15) is 0 Å². The third-order valence-electron chi connectivity index (χ3n) is 2.60. The fourth-order valence-corrected chi connectivity index (χ4v) is 1.33. The van der Waals surface area contributed by atoms with Gasteiger partial charge in [0.15, 0.2) is 5.41 Å². The Labute approximate surface area is 114 Å². The normalized spacial score (nSPS) is 10.9. The fourth-order valence-electron chi connectivity index (χ4n) is 1.16. The standard InChI is InChI=1S/C12H13ClO6/c1-12(10(14)15,11(16)17)6-19-9-5-7(18-2)3-4-8(9)13/h3-5H,6H2,1-2H3,(H,14,15)(H,16,17). The third-order valence-corrected chi connectivity index (χ3v) is 2.91. The first-order chi connectivity index (χ1) is 8.81. The molecule has 0 fully saturated rings. The molecule has 0 unspecified atom stereocenters. The molecule has 0 aliphatic carbocycles. The Morgan fingerprint density at radius 3 is 2.37 bits per heavy atom. The topological polar surface area (TPSA) is 93.1 Å². The zero-order valence-corrected chi connectivity index (χ0v) is 11.1. The monoisotopic (exact) mass is 288 g/mol. The molecular weight excluding hydrogens is 276 g/mol. The van der Waals surface area contributed by atoms with E-state index in [9.17, 15) is 9.59 Å². The minimum atomic E-state index is -2.05. The van der Waals surface area contributed by atoms with Crippen molar-refractivity contribution < 1.29 is 29.3 Å². The summed E-state index contributed by atoms with van der Waals surface area (Å²) in [6.45, 7) is 0.510. The lowest BCUT2D eigenvalue weighted by atomic mass is 9.92. The van der Waals surface area contributed by atoms with E-state index in [0.717, 1.165) is 6.92 Å². The van der Waals surface area contributed by atoms with E-state index in [1.54, 1.807) is 6.07 Å². The number of carbonyl (C=O) groups is 2. The van der Waals surface area contributed by atoms with Gasteiger partial charge >= 0.3 is 11.9 Å². The second kappa shape index (κ2) is 5.79. The molecule has 1 aromatic carbocycles. The molecule has 0 aliphatic rings. The summed E-state index contributed by atoms with van der Waals surface area (Å²) in [6.07, 6.45) is 0. The average Bonchev–Trinajstić information content (AvgIpc) is 2.36. The predicted octanol–water partition coefficient (Wildman–Crippen LogP) is 1.90. The Morgan fingerprint density at radius 2 is 1.89 bits per heavy atom. The van der Waals surface area contributed by atoms with Crippen LogP contribution in [0.2, 0.25) is 5.02 Å². The van der Waals surface area contributed by atoms with Crippen molar-refractivity contribution in [3.63, 3.8) is 0 Å². The van der Waals surface area contributed by atoms with Crippen LogP contribution in [-0.2, 0) is 9.59 Å². The molecule has 0 atom stereocenters. The number of rotatable bonds is 6. The van der Waals surface area contributed by atoms with Crippen LogP contribution < -0.4 is 9.47 Å². The molecule has 0 saturated heterocycles. The molecule has 6 nitrogen and oxygen atoms in total. The third kappa shape index (κ3) is 3.29. The summed E-state index contributed by atoms with van der Waals surface area (Å²) < 4.78 is 10.2. The Kier molecular flexibility index (Phi) is 4.61. The van der Waals surface area contributed by atoms with Gasteiger partial charge < -0.3 is 19.7 Å². The van der Waals surface area contributed by atoms with Crippen LogP contribution in [0.3, 0.4) is 0 Å². The SMILES string of the molecule is COc1ccc(Cl)c(OCC(C)(C(=O)O)C(=O)O)c1. The Balaban J connectivity index is 2.92. The summed E-state index contributed by atoms with van der Waals surface area (Å²) in [5.41, 5.74) is -2.05. The first kappa shape index (κ1) is 15.1. The summed E-state index contributed by atoms with van der Waals surface area (Å²) in [7, 11) is 1.45. The lowest BCUT2D eigenvalue weighted by molar-refractivity contribution is -0.165. The van der Waals surface area contributed by atoms with Gasteiger partial charge in [0.25, 0.3) is 0 Å². The minimum absolute atomic E-state index is 0.162. The average molecular weight is 289 g/mol. The number of methoxy groups -OCH3 is 1. The Morgan fingerprint density at radius 1 is 1.32 bits per heavy atom. The quantitative estimate of drug-likeness (QED) is 0.777. The molecular formula is C12H13ClO6.